The molecule has 0 radical (unpaired) electrons. The summed E-state index contributed by atoms with van der Waals surface area (Å²) in [7, 11) is 0. The van der Waals surface area contributed by atoms with Crippen LogP contribution in [0.25, 0.3) is 234 Å². The minimum Gasteiger partial charge on any atom is -0.309 e. The zero-order chi connectivity index (χ0) is 94.5. The standard InChI is InChI=1S/C46H29N5.2C40H25N5/c47-30-31-15-28-41-40-13-7-8-14-42(40)51(43(41)29-31)39-26-24-38(25-27-39)46-49-44(36-20-16-34(17-21-36)32-9-3-1-4-10-32)48-45(50-46)37-22-18-35(19-23-37)33-11-5-2-6-12-33;1-41-33-24-25-37-35(26-33)34-14-8-9-15-36(34)45(37)40-43-38(31-20-16-29(17-21-31)27-10-4-2-5-11-27)42-39(44-40)32-22-18-30(19-23-32)28-12-6-3-7-13-28;41-26-27-15-24-35-34-13-7-8-14-36(34)45(37(35)25-27)40-43-38(32-20-16-30(17-21-32)28-9-3-1-4-10-28)42-39(44-40)33-22-18-31(19-23-33)29-11-5-2-6-12-29/h1-29H;2-26H;1-25H. The monoisotopic (exact) mass is 1800 g/mol. The summed E-state index contributed by atoms with van der Waals surface area (Å²) in [4.78, 5) is 48.9. The SMILES string of the molecule is N#Cc1ccc2c3ccccc3n(-c3ccc(-c4nc(-c5ccc(-c6ccccc6)cc5)nc(-c5ccc(-c6ccccc6)cc5)n4)cc3)c2c1.N#Cc1ccc2c3ccccc3n(-c3nc(-c4ccc(-c5ccccc5)cc4)nc(-c4ccc(-c5ccccc5)cc4)n3)c2c1.[C-]#[N+]c1ccc2c(c1)c1ccccc1n2-c1nc(-c2ccc(-c3ccccc3)cc2)nc(-c2ccc(-c3ccccc3)cc2)n1. The Kier molecular flexibility index (Phi) is 22.9. The van der Waals surface area contributed by atoms with Crippen molar-refractivity contribution in [3.63, 3.8) is 0 Å². The lowest BCUT2D eigenvalue weighted by molar-refractivity contribution is 0.953. The van der Waals surface area contributed by atoms with E-state index < -0.39 is 0 Å². The van der Waals surface area contributed by atoms with Crippen LogP contribution in [0.4, 0.5) is 5.69 Å². The maximum atomic E-state index is 9.73. The van der Waals surface area contributed by atoms with Crippen LogP contribution in [0.2, 0.25) is 0 Å². The zero-order valence-electron chi connectivity index (χ0n) is 75.8. The van der Waals surface area contributed by atoms with E-state index in [2.05, 4.69) is 305 Å². The molecule has 0 saturated carbocycles. The maximum Gasteiger partial charge on any atom is 0.238 e. The van der Waals surface area contributed by atoms with E-state index >= 15 is 0 Å². The summed E-state index contributed by atoms with van der Waals surface area (Å²) >= 11 is 0. The third kappa shape index (κ3) is 17.2. The van der Waals surface area contributed by atoms with Gasteiger partial charge in [0.1, 0.15) is 0 Å². The van der Waals surface area contributed by atoms with Crippen LogP contribution in [0.15, 0.2) is 479 Å². The number of hydrogen-bond donors (Lipinski definition) is 0. The van der Waals surface area contributed by atoms with E-state index in [1.54, 1.807) is 0 Å². The molecule has 0 aliphatic heterocycles. The van der Waals surface area contributed by atoms with E-state index in [4.69, 9.17) is 51.4 Å². The van der Waals surface area contributed by atoms with Crippen LogP contribution in [0.5, 0.6) is 0 Å². The Balaban J connectivity index is 0.000000118. The highest BCUT2D eigenvalue weighted by atomic mass is 15.2. The molecular weight excluding hydrogens is 1720 g/mol. The normalized spacial score (nSPS) is 11.1. The molecule has 0 unspecified atom stereocenters. The number of para-hydroxylation sites is 3. The minimum absolute atomic E-state index is 0.496. The lowest BCUT2D eigenvalue weighted by atomic mass is 10.0. The molecule has 0 bridgehead atoms. The van der Waals surface area contributed by atoms with Crippen molar-refractivity contribution in [1.82, 2.24) is 58.6 Å². The Hall–Kier alpha value is -19.9. The molecule has 6 aromatic heterocycles. The second kappa shape index (κ2) is 37.9. The third-order valence-electron chi connectivity index (χ3n) is 25.6. The number of hydrogen-bond acceptors (Lipinski definition) is 11. The van der Waals surface area contributed by atoms with Crippen LogP contribution in [-0.2, 0) is 0 Å². The number of nitriles is 2. The number of rotatable bonds is 16. The second-order valence-corrected chi connectivity index (χ2v) is 34.1. The molecule has 658 valence electrons. The predicted octanol–water partition coefficient (Wildman–Crippen LogP) is 30.9. The number of benzene rings is 19. The molecule has 0 N–H and O–H groups in total. The van der Waals surface area contributed by atoms with Crippen molar-refractivity contribution in [1.29, 1.82) is 10.5 Å². The summed E-state index contributed by atoms with van der Waals surface area (Å²) in [6.45, 7) is 7.57. The van der Waals surface area contributed by atoms with Crippen LogP contribution in [0.3, 0.4) is 0 Å². The smallest absolute Gasteiger partial charge is 0.238 e. The fraction of sp³-hybridized carbons (Fsp3) is 0. The summed E-state index contributed by atoms with van der Waals surface area (Å²) in [5.74, 6) is 5.15. The van der Waals surface area contributed by atoms with Gasteiger partial charge in [0.2, 0.25) is 11.9 Å². The second-order valence-electron chi connectivity index (χ2n) is 34.1. The minimum atomic E-state index is 0.496. The van der Waals surface area contributed by atoms with E-state index in [1.807, 2.05) is 205 Å². The van der Waals surface area contributed by atoms with Crippen LogP contribution >= 0.6 is 0 Å². The van der Waals surface area contributed by atoms with Crippen LogP contribution < -0.4 is 0 Å². The van der Waals surface area contributed by atoms with Crippen molar-refractivity contribution in [3.05, 3.63) is 502 Å². The van der Waals surface area contributed by atoms with Gasteiger partial charge in [-0.05, 0) is 151 Å². The van der Waals surface area contributed by atoms with E-state index in [0.717, 1.165) is 177 Å². The van der Waals surface area contributed by atoms with Gasteiger partial charge < -0.3 is 4.57 Å². The molecule has 15 nitrogen and oxygen atoms in total. The molecule has 0 spiro atoms. The zero-order valence-corrected chi connectivity index (χ0v) is 75.8. The first-order valence-electron chi connectivity index (χ1n) is 46.3. The molecular formula is C126H79N15. The van der Waals surface area contributed by atoms with E-state index in [9.17, 15) is 10.5 Å². The largest absolute Gasteiger partial charge is 0.309 e. The van der Waals surface area contributed by atoms with Crippen molar-refractivity contribution < 1.29 is 0 Å². The lowest BCUT2D eigenvalue weighted by Crippen LogP contribution is -2.06. The van der Waals surface area contributed by atoms with Crippen LogP contribution in [0.1, 0.15) is 11.1 Å². The third-order valence-corrected chi connectivity index (χ3v) is 25.6. The fourth-order valence-corrected chi connectivity index (χ4v) is 18.4. The maximum absolute atomic E-state index is 9.73. The average molecular weight is 1800 g/mol. The van der Waals surface area contributed by atoms with Crippen molar-refractivity contribution in [3.8, 4) is 176 Å². The van der Waals surface area contributed by atoms with Gasteiger partial charge in [-0.15, -0.1) is 0 Å². The molecule has 0 saturated heterocycles. The predicted molar refractivity (Wildman–Crippen MR) is 569 cm³/mol. The van der Waals surface area contributed by atoms with E-state index in [-0.39, 0.29) is 0 Å². The molecule has 0 atom stereocenters. The first-order chi connectivity index (χ1) is 69.7. The highest BCUT2D eigenvalue weighted by Crippen LogP contribution is 2.41. The van der Waals surface area contributed by atoms with Gasteiger partial charge in [-0.3, -0.25) is 9.13 Å². The molecule has 25 aromatic rings. The van der Waals surface area contributed by atoms with Crippen molar-refractivity contribution >= 4 is 71.1 Å². The topological polar surface area (TPSA) is 183 Å². The van der Waals surface area contributed by atoms with Crippen LogP contribution in [-0.4, -0.2) is 58.6 Å². The molecule has 6 heterocycles. The average Bonchev–Trinajstić information content (AvgIpc) is 1.60. The quantitative estimate of drug-likeness (QED) is 0.0839. The lowest BCUT2D eigenvalue weighted by Gasteiger charge is -2.12. The highest BCUT2D eigenvalue weighted by molar-refractivity contribution is 6.12. The highest BCUT2D eigenvalue weighted by Gasteiger charge is 2.24. The fourth-order valence-electron chi connectivity index (χ4n) is 18.4. The number of fused-ring (bicyclic) bond motifs is 9. The van der Waals surface area contributed by atoms with Gasteiger partial charge in [-0.2, -0.15) is 30.5 Å². The summed E-state index contributed by atoms with van der Waals surface area (Å²) in [5, 5.41) is 25.8. The summed E-state index contributed by atoms with van der Waals surface area (Å²) < 4.78 is 6.32. The summed E-state index contributed by atoms with van der Waals surface area (Å²) in [6, 6.07) is 167. The van der Waals surface area contributed by atoms with Gasteiger partial charge in [0.15, 0.2) is 46.5 Å². The molecule has 0 amide bonds. The van der Waals surface area contributed by atoms with E-state index in [1.165, 1.54) is 0 Å². The van der Waals surface area contributed by atoms with Crippen molar-refractivity contribution in [2.24, 2.45) is 0 Å². The molecule has 19 aromatic carbocycles. The Morgan fingerprint density at radius 1 is 0.177 bits per heavy atom. The molecule has 0 aliphatic rings. The first-order valence-corrected chi connectivity index (χ1v) is 46.3. The van der Waals surface area contributed by atoms with Gasteiger partial charge in [0.25, 0.3) is 0 Å². The van der Waals surface area contributed by atoms with Crippen LogP contribution in [0, 0.1) is 29.2 Å². The Morgan fingerprint density at radius 2 is 0.390 bits per heavy atom. The number of nitrogens with zero attached hydrogens (tertiary/aromatic N) is 15. The van der Waals surface area contributed by atoms with Crippen molar-refractivity contribution in [2.45, 2.75) is 0 Å². The Bertz CT molecular complexity index is 8790. The van der Waals surface area contributed by atoms with Gasteiger partial charge in [-0.25, -0.2) is 29.8 Å². The molecule has 0 aliphatic carbocycles. The first kappa shape index (κ1) is 85.3. The summed E-state index contributed by atoms with van der Waals surface area (Å²) in [5.41, 5.74) is 28.6. The molecule has 15 heteroatoms. The molecule has 141 heavy (non-hydrogen) atoms. The van der Waals surface area contributed by atoms with Gasteiger partial charge in [-0.1, -0.05) is 400 Å². The molecule has 25 rings (SSSR count). The summed E-state index contributed by atoms with van der Waals surface area (Å²) in [6.07, 6.45) is 0. The van der Waals surface area contributed by atoms with Gasteiger partial charge in [0, 0.05) is 71.6 Å². The van der Waals surface area contributed by atoms with Crippen molar-refractivity contribution in [2.75, 3.05) is 0 Å². The Morgan fingerprint density at radius 3 is 0.674 bits per heavy atom. The Labute approximate surface area is 812 Å². The molecule has 0 fully saturated rings. The van der Waals surface area contributed by atoms with Gasteiger partial charge in [0.05, 0.1) is 62.9 Å². The number of aromatic nitrogens is 12. The van der Waals surface area contributed by atoms with Gasteiger partial charge >= 0.3 is 0 Å². The van der Waals surface area contributed by atoms with E-state index in [0.29, 0.717) is 69.5 Å².